The van der Waals surface area contributed by atoms with Crippen LogP contribution in [-0.4, -0.2) is 42.7 Å². The number of hydrogen-bond donors (Lipinski definition) is 2. The Morgan fingerprint density at radius 2 is 1.84 bits per heavy atom. The molecule has 0 spiro atoms. The van der Waals surface area contributed by atoms with Crippen molar-refractivity contribution in [1.82, 2.24) is 15.8 Å². The van der Waals surface area contributed by atoms with Crippen LogP contribution in [0.5, 0.6) is 11.5 Å². The van der Waals surface area contributed by atoms with Gasteiger partial charge in [-0.2, -0.15) is 0 Å². The molecule has 2 N–H and O–H groups in total. The minimum atomic E-state index is -0.925. The molecule has 2 aromatic rings. The fourth-order valence-electron chi connectivity index (χ4n) is 3.52. The number of hydrogen-bond acceptors (Lipinski definition) is 6. The van der Waals surface area contributed by atoms with Crippen LogP contribution >= 0.6 is 0 Å². The summed E-state index contributed by atoms with van der Waals surface area (Å²) in [5, 5.41) is 0. The molecule has 1 heterocycles. The molecule has 0 bridgehead atoms. The molecule has 31 heavy (non-hydrogen) atoms. The van der Waals surface area contributed by atoms with Crippen LogP contribution in [0.4, 0.5) is 0 Å². The maximum Gasteiger partial charge on any atom is 0.262 e. The Hall–Kier alpha value is -3.88. The summed E-state index contributed by atoms with van der Waals surface area (Å²) >= 11 is 0. The van der Waals surface area contributed by atoms with Crippen molar-refractivity contribution in [1.29, 1.82) is 0 Å². The number of fused-ring (bicyclic) bond motifs is 1. The van der Waals surface area contributed by atoms with E-state index in [1.54, 1.807) is 36.4 Å². The number of carbonyl (C=O) groups is 4. The third-order valence-corrected chi connectivity index (χ3v) is 4.91. The van der Waals surface area contributed by atoms with Crippen LogP contribution in [0.1, 0.15) is 51.2 Å². The largest absolute Gasteiger partial charge is 0.493 e. The Bertz CT molecular complexity index is 1040. The lowest BCUT2D eigenvalue weighted by molar-refractivity contribution is -0.125. The second kappa shape index (κ2) is 9.29. The van der Waals surface area contributed by atoms with Gasteiger partial charge in [0.1, 0.15) is 0 Å². The second-order valence-electron chi connectivity index (χ2n) is 6.90. The number of nitrogens with one attached hydrogen (secondary N) is 2. The average molecular weight is 425 g/mol. The van der Waals surface area contributed by atoms with Crippen LogP contribution in [0, 0.1) is 6.92 Å². The number of hydrazine groups is 1. The molecule has 162 valence electrons. The van der Waals surface area contributed by atoms with Crippen molar-refractivity contribution >= 4 is 24.1 Å². The molecule has 9 nitrogen and oxygen atoms in total. The Balaban J connectivity index is 2.04. The summed E-state index contributed by atoms with van der Waals surface area (Å²) in [5.41, 5.74) is 6.22. The summed E-state index contributed by atoms with van der Waals surface area (Å²) in [7, 11) is 1.50. The van der Waals surface area contributed by atoms with Crippen LogP contribution in [0.25, 0.3) is 0 Å². The Labute approximate surface area is 179 Å². The van der Waals surface area contributed by atoms with Gasteiger partial charge in [-0.25, -0.2) is 0 Å². The van der Waals surface area contributed by atoms with E-state index in [4.69, 9.17) is 9.47 Å². The normalized spacial score (nSPS) is 13.5. The Morgan fingerprint density at radius 1 is 1.10 bits per heavy atom. The molecule has 0 saturated carbocycles. The lowest BCUT2D eigenvalue weighted by Crippen LogP contribution is -2.41. The van der Waals surface area contributed by atoms with E-state index in [0.717, 1.165) is 10.5 Å². The van der Waals surface area contributed by atoms with Gasteiger partial charge in [-0.05, 0) is 43.7 Å². The molecular formula is C22H23N3O6. The number of carbonyl (C=O) groups excluding carboxylic acids is 4. The van der Waals surface area contributed by atoms with Crippen molar-refractivity contribution in [3.8, 4) is 11.5 Å². The maximum absolute atomic E-state index is 13.1. The molecule has 1 aliphatic heterocycles. The van der Waals surface area contributed by atoms with Gasteiger partial charge in [0.2, 0.25) is 12.3 Å². The minimum absolute atomic E-state index is 0.261. The first-order chi connectivity index (χ1) is 14.9. The topological polar surface area (TPSA) is 114 Å². The smallest absolute Gasteiger partial charge is 0.262 e. The molecule has 1 unspecified atom stereocenters. The summed E-state index contributed by atoms with van der Waals surface area (Å²) in [5.74, 6) is -0.645. The van der Waals surface area contributed by atoms with Gasteiger partial charge < -0.3 is 9.47 Å². The second-order valence-corrected chi connectivity index (χ2v) is 6.90. The van der Waals surface area contributed by atoms with Crippen molar-refractivity contribution in [2.24, 2.45) is 0 Å². The van der Waals surface area contributed by atoms with Gasteiger partial charge in [0.15, 0.2) is 11.5 Å². The van der Waals surface area contributed by atoms with Crippen LogP contribution < -0.4 is 20.3 Å². The van der Waals surface area contributed by atoms with Gasteiger partial charge in [0.05, 0.1) is 37.3 Å². The lowest BCUT2D eigenvalue weighted by atomic mass is 10.0. The number of methoxy groups -OCH3 is 1. The first-order valence-electron chi connectivity index (χ1n) is 9.68. The first kappa shape index (κ1) is 21.8. The van der Waals surface area contributed by atoms with E-state index in [9.17, 15) is 19.2 Å². The quantitative estimate of drug-likeness (QED) is 0.360. The van der Waals surface area contributed by atoms with Gasteiger partial charge >= 0.3 is 0 Å². The van der Waals surface area contributed by atoms with E-state index >= 15 is 0 Å². The predicted octanol–water partition coefficient (Wildman–Crippen LogP) is 1.91. The van der Waals surface area contributed by atoms with Crippen LogP contribution in [0.2, 0.25) is 0 Å². The highest BCUT2D eigenvalue weighted by Gasteiger charge is 2.41. The van der Waals surface area contributed by atoms with Gasteiger partial charge in [-0.15, -0.1) is 0 Å². The monoisotopic (exact) mass is 425 g/mol. The van der Waals surface area contributed by atoms with Crippen molar-refractivity contribution in [3.05, 3.63) is 58.7 Å². The van der Waals surface area contributed by atoms with Crippen LogP contribution in [0.15, 0.2) is 36.4 Å². The number of benzene rings is 2. The summed E-state index contributed by atoms with van der Waals surface area (Å²) in [6, 6.07) is 9.05. The highest BCUT2D eigenvalue weighted by Crippen LogP contribution is 2.37. The van der Waals surface area contributed by atoms with Crippen LogP contribution in [-0.2, 0) is 9.59 Å². The zero-order chi connectivity index (χ0) is 22.5. The first-order valence-corrected chi connectivity index (χ1v) is 9.68. The number of ether oxygens (including phenoxy) is 2. The standard InChI is InChI=1S/C22H23N3O6/c1-4-31-19-10-14(6-8-18(19)30-3)17(11-20(27)24-23-12-26)25-21(28)15-7-5-13(2)9-16(15)22(25)29/h5-10,12,17H,4,11H2,1-3H3,(H,23,26)(H,24,27). The molecule has 0 saturated heterocycles. The molecule has 2 aromatic carbocycles. The molecule has 0 aromatic heterocycles. The van der Waals surface area contributed by atoms with Crippen LogP contribution in [0.3, 0.4) is 0 Å². The number of nitrogens with zero attached hydrogens (tertiary/aromatic N) is 1. The Morgan fingerprint density at radius 3 is 2.52 bits per heavy atom. The van der Waals surface area contributed by atoms with E-state index < -0.39 is 23.8 Å². The number of amides is 4. The highest BCUT2D eigenvalue weighted by molar-refractivity contribution is 6.21. The third-order valence-electron chi connectivity index (χ3n) is 4.91. The van der Waals surface area contributed by atoms with Crippen molar-refractivity contribution in [2.45, 2.75) is 26.3 Å². The summed E-state index contributed by atoms with van der Waals surface area (Å²) in [6.07, 6.45) is 0.0570. The van der Waals surface area contributed by atoms with Crippen molar-refractivity contribution < 1.29 is 28.7 Å². The Kier molecular flexibility index (Phi) is 6.54. The number of rotatable bonds is 9. The van der Waals surface area contributed by atoms with Gasteiger partial charge in [0, 0.05) is 0 Å². The molecular weight excluding hydrogens is 402 g/mol. The third kappa shape index (κ3) is 4.35. The minimum Gasteiger partial charge on any atom is -0.493 e. The summed E-state index contributed by atoms with van der Waals surface area (Å²) in [4.78, 5) is 50.2. The van der Waals surface area contributed by atoms with E-state index in [1.807, 2.05) is 13.8 Å². The fraction of sp³-hybridized carbons (Fsp3) is 0.273. The molecule has 1 aliphatic rings. The van der Waals surface area contributed by atoms with E-state index in [0.29, 0.717) is 35.6 Å². The highest BCUT2D eigenvalue weighted by atomic mass is 16.5. The zero-order valence-corrected chi connectivity index (χ0v) is 17.4. The number of imide groups is 1. The maximum atomic E-state index is 13.1. The van der Waals surface area contributed by atoms with E-state index in [2.05, 4.69) is 10.9 Å². The predicted molar refractivity (Wildman–Crippen MR) is 111 cm³/mol. The molecule has 3 rings (SSSR count). The molecule has 4 amide bonds. The van der Waals surface area contributed by atoms with Crippen molar-refractivity contribution in [2.75, 3.05) is 13.7 Å². The lowest BCUT2D eigenvalue weighted by Gasteiger charge is -2.27. The fourth-order valence-corrected chi connectivity index (χ4v) is 3.52. The summed E-state index contributed by atoms with van der Waals surface area (Å²) < 4.78 is 10.9. The van der Waals surface area contributed by atoms with E-state index in [1.165, 1.54) is 7.11 Å². The van der Waals surface area contributed by atoms with Gasteiger partial charge in [-0.3, -0.25) is 34.9 Å². The average Bonchev–Trinajstić information content (AvgIpc) is 3.00. The van der Waals surface area contributed by atoms with E-state index in [-0.39, 0.29) is 12.0 Å². The molecule has 1 atom stereocenters. The molecule has 0 fully saturated rings. The number of aryl methyl sites for hydroxylation is 1. The van der Waals surface area contributed by atoms with Gasteiger partial charge in [0.25, 0.3) is 11.8 Å². The molecule has 9 heteroatoms. The van der Waals surface area contributed by atoms with Gasteiger partial charge in [-0.1, -0.05) is 17.7 Å². The molecule has 0 radical (unpaired) electrons. The van der Waals surface area contributed by atoms with Crippen molar-refractivity contribution in [3.63, 3.8) is 0 Å². The summed E-state index contributed by atoms with van der Waals surface area (Å²) in [6.45, 7) is 4.02. The molecule has 0 aliphatic carbocycles. The zero-order valence-electron chi connectivity index (χ0n) is 17.4. The SMILES string of the molecule is CCOc1cc(C(CC(=O)NNC=O)N2C(=O)c3ccc(C)cc3C2=O)ccc1OC.